The number of nitrogens with zero attached hydrogens (tertiary/aromatic N) is 13. The van der Waals surface area contributed by atoms with Crippen LogP contribution in [-0.2, 0) is 20.1 Å². The van der Waals surface area contributed by atoms with Gasteiger partial charge in [0.25, 0.3) is 0 Å². The molecule has 0 saturated carbocycles. The Kier molecular flexibility index (Phi) is 8.11. The Morgan fingerprint density at radius 1 is 0.633 bits per heavy atom. The SMILES string of the molecule is Cc1nc(C)c2nc(-c3cncc(F)c3)n(Cc3cn[nH]c3)c2n1.Cc1nc(C)c2nc(-c3cncc(F)c3)n(Cc3cnn(C)c3)c2n1. The zero-order valence-corrected chi connectivity index (χ0v) is 27.3. The van der Waals surface area contributed by atoms with Crippen molar-refractivity contribution >= 4 is 22.3 Å². The lowest BCUT2D eigenvalue weighted by atomic mass is 10.2. The molecular weight excluding hydrogens is 630 g/mol. The second-order valence-corrected chi connectivity index (χ2v) is 11.5. The first-order valence-corrected chi connectivity index (χ1v) is 15.2. The fourth-order valence-corrected chi connectivity index (χ4v) is 5.64. The molecule has 0 spiro atoms. The zero-order valence-electron chi connectivity index (χ0n) is 27.3. The Balaban J connectivity index is 0.000000154. The predicted molar refractivity (Wildman–Crippen MR) is 176 cm³/mol. The molecule has 0 radical (unpaired) electrons. The standard InChI is InChI=1S/C17H16FN7.C16H14FN7/c1-10-15-17(22-11(2)21-10)25(9-12-5-20-24(3)8-12)16(23-15)13-4-14(18)7-19-6-13;1-9-14-16(22-10(2)21-9)24(8-11-4-19-20-5-11)15(23-14)12-3-13(17)7-18-6-12/h4-8H,9H2,1-3H3;3-7H,8H2,1-2H3,(H,19,20). The summed E-state index contributed by atoms with van der Waals surface area (Å²) < 4.78 is 32.9. The maximum atomic E-state index is 13.7. The number of halogens is 2. The van der Waals surface area contributed by atoms with Gasteiger partial charge in [-0.25, -0.2) is 38.7 Å². The number of fused-ring (bicyclic) bond motifs is 2. The molecule has 0 fully saturated rings. The molecule has 0 atom stereocenters. The van der Waals surface area contributed by atoms with Crippen molar-refractivity contribution in [2.45, 2.75) is 40.8 Å². The van der Waals surface area contributed by atoms with E-state index in [1.807, 2.05) is 50.1 Å². The van der Waals surface area contributed by atoms with Crippen LogP contribution in [0.3, 0.4) is 0 Å². The van der Waals surface area contributed by atoms with Crippen molar-refractivity contribution in [3.8, 4) is 22.8 Å². The highest BCUT2D eigenvalue weighted by Gasteiger charge is 2.19. The maximum Gasteiger partial charge on any atom is 0.164 e. The first-order valence-electron chi connectivity index (χ1n) is 15.2. The van der Waals surface area contributed by atoms with Crippen LogP contribution in [0.25, 0.3) is 45.1 Å². The minimum Gasteiger partial charge on any atom is -0.304 e. The van der Waals surface area contributed by atoms with Crippen LogP contribution in [-0.4, -0.2) is 69.0 Å². The van der Waals surface area contributed by atoms with Gasteiger partial charge in [0.1, 0.15) is 46.0 Å². The number of hydrogen-bond donors (Lipinski definition) is 1. The summed E-state index contributed by atoms with van der Waals surface area (Å²) in [6.45, 7) is 8.50. The molecule has 0 aliphatic rings. The van der Waals surface area contributed by atoms with E-state index in [0.29, 0.717) is 69.8 Å². The predicted octanol–water partition coefficient (Wildman–Crippen LogP) is 4.84. The molecular formula is C33H30F2N14. The summed E-state index contributed by atoms with van der Waals surface area (Å²) in [6.07, 6.45) is 12.8. The monoisotopic (exact) mass is 660 g/mol. The van der Waals surface area contributed by atoms with E-state index < -0.39 is 11.6 Å². The summed E-state index contributed by atoms with van der Waals surface area (Å²) >= 11 is 0. The van der Waals surface area contributed by atoms with E-state index in [1.165, 1.54) is 24.5 Å². The van der Waals surface area contributed by atoms with Gasteiger partial charge in [0, 0.05) is 54.1 Å². The van der Waals surface area contributed by atoms with Crippen molar-refractivity contribution < 1.29 is 8.78 Å². The minimum absolute atomic E-state index is 0.406. The lowest BCUT2D eigenvalue weighted by Gasteiger charge is -2.07. The number of aryl methyl sites for hydroxylation is 5. The van der Waals surface area contributed by atoms with Crippen molar-refractivity contribution in [1.82, 2.24) is 69.0 Å². The lowest BCUT2D eigenvalue weighted by molar-refractivity contribution is 0.621. The summed E-state index contributed by atoms with van der Waals surface area (Å²) in [6, 6.07) is 2.83. The first-order chi connectivity index (χ1) is 23.6. The molecule has 0 aromatic carbocycles. The Bertz CT molecular complexity index is 2440. The van der Waals surface area contributed by atoms with Crippen LogP contribution in [0.1, 0.15) is 34.2 Å². The lowest BCUT2D eigenvalue weighted by Crippen LogP contribution is -2.04. The maximum absolute atomic E-state index is 13.7. The van der Waals surface area contributed by atoms with E-state index in [9.17, 15) is 8.78 Å². The summed E-state index contributed by atoms with van der Waals surface area (Å²) in [5, 5.41) is 11.0. The van der Waals surface area contributed by atoms with Gasteiger partial charge in [0.05, 0.1) is 49.3 Å². The third-order valence-electron chi connectivity index (χ3n) is 7.68. The molecule has 0 unspecified atom stereocenters. The number of aromatic nitrogens is 14. The number of pyridine rings is 2. The minimum atomic E-state index is -0.409. The van der Waals surface area contributed by atoms with Crippen molar-refractivity contribution in [2.75, 3.05) is 0 Å². The average molecular weight is 661 g/mol. The molecule has 16 heteroatoms. The molecule has 0 saturated heterocycles. The fraction of sp³-hybridized carbons (Fsp3) is 0.212. The van der Waals surface area contributed by atoms with Gasteiger partial charge in [0.2, 0.25) is 0 Å². The molecule has 0 aliphatic carbocycles. The van der Waals surface area contributed by atoms with Gasteiger partial charge < -0.3 is 9.13 Å². The zero-order chi connectivity index (χ0) is 34.2. The van der Waals surface area contributed by atoms with Gasteiger partial charge in [0.15, 0.2) is 11.3 Å². The molecule has 8 rings (SSSR count). The first kappa shape index (κ1) is 31.3. The molecule has 8 aromatic heterocycles. The number of rotatable bonds is 6. The molecule has 0 aliphatic heterocycles. The van der Waals surface area contributed by atoms with Gasteiger partial charge in [-0.2, -0.15) is 10.2 Å². The summed E-state index contributed by atoms with van der Waals surface area (Å²) in [5.74, 6) is 1.72. The molecule has 8 aromatic rings. The van der Waals surface area contributed by atoms with E-state index in [-0.39, 0.29) is 0 Å². The number of hydrogen-bond acceptors (Lipinski definition) is 10. The van der Waals surface area contributed by atoms with Gasteiger partial charge in [-0.3, -0.25) is 19.7 Å². The summed E-state index contributed by atoms with van der Waals surface area (Å²) in [5.41, 5.74) is 7.56. The Hall–Kier alpha value is -6.32. The van der Waals surface area contributed by atoms with Crippen LogP contribution in [0.2, 0.25) is 0 Å². The van der Waals surface area contributed by atoms with Crippen molar-refractivity contribution in [3.63, 3.8) is 0 Å². The smallest absolute Gasteiger partial charge is 0.164 e. The van der Waals surface area contributed by atoms with E-state index in [1.54, 1.807) is 35.7 Å². The molecule has 0 amide bonds. The van der Waals surface area contributed by atoms with Crippen molar-refractivity contribution in [1.29, 1.82) is 0 Å². The van der Waals surface area contributed by atoms with Gasteiger partial charge >= 0.3 is 0 Å². The van der Waals surface area contributed by atoms with Crippen LogP contribution < -0.4 is 0 Å². The Labute approximate surface area is 278 Å². The topological polar surface area (TPSA) is 159 Å². The van der Waals surface area contributed by atoms with Crippen LogP contribution in [0, 0.1) is 39.3 Å². The van der Waals surface area contributed by atoms with Crippen molar-refractivity contribution in [3.05, 3.63) is 108 Å². The summed E-state index contributed by atoms with van der Waals surface area (Å²) in [7, 11) is 1.86. The normalized spacial score (nSPS) is 11.3. The molecule has 49 heavy (non-hydrogen) atoms. The average Bonchev–Trinajstić information content (AvgIpc) is 3.86. The second kappa shape index (κ2) is 12.7. The third kappa shape index (κ3) is 6.35. The van der Waals surface area contributed by atoms with Crippen LogP contribution in [0.5, 0.6) is 0 Å². The Morgan fingerprint density at radius 3 is 1.61 bits per heavy atom. The number of imidazole rings is 2. The quantitative estimate of drug-likeness (QED) is 0.261. The highest BCUT2D eigenvalue weighted by atomic mass is 19.1. The van der Waals surface area contributed by atoms with Crippen LogP contribution in [0.15, 0.2) is 61.7 Å². The number of H-pyrrole nitrogens is 1. The van der Waals surface area contributed by atoms with Gasteiger partial charge in [-0.05, 0) is 39.8 Å². The highest BCUT2D eigenvalue weighted by molar-refractivity contribution is 5.80. The number of aromatic amines is 1. The molecule has 246 valence electrons. The highest BCUT2D eigenvalue weighted by Crippen LogP contribution is 2.28. The summed E-state index contributed by atoms with van der Waals surface area (Å²) in [4.78, 5) is 35.0. The molecule has 0 bridgehead atoms. The van der Waals surface area contributed by atoms with E-state index in [0.717, 1.165) is 22.5 Å². The molecule has 8 heterocycles. The van der Waals surface area contributed by atoms with Gasteiger partial charge in [-0.1, -0.05) is 0 Å². The fourth-order valence-electron chi connectivity index (χ4n) is 5.64. The van der Waals surface area contributed by atoms with Gasteiger partial charge in [-0.15, -0.1) is 0 Å². The Morgan fingerprint density at radius 2 is 1.16 bits per heavy atom. The van der Waals surface area contributed by atoms with Crippen molar-refractivity contribution in [2.24, 2.45) is 7.05 Å². The van der Waals surface area contributed by atoms with E-state index in [2.05, 4.69) is 55.2 Å². The van der Waals surface area contributed by atoms with Crippen LogP contribution >= 0.6 is 0 Å². The largest absolute Gasteiger partial charge is 0.304 e. The second-order valence-electron chi connectivity index (χ2n) is 11.5. The third-order valence-corrected chi connectivity index (χ3v) is 7.68. The molecule has 1 N–H and O–H groups in total. The van der Waals surface area contributed by atoms with Crippen LogP contribution in [0.4, 0.5) is 8.78 Å². The number of nitrogens with one attached hydrogen (secondary N) is 1. The molecule has 14 nitrogen and oxygen atoms in total. The van der Waals surface area contributed by atoms with E-state index >= 15 is 0 Å². The van der Waals surface area contributed by atoms with E-state index in [4.69, 9.17) is 0 Å².